The summed E-state index contributed by atoms with van der Waals surface area (Å²) in [5.74, 6) is 6.21. The van der Waals surface area contributed by atoms with Gasteiger partial charge in [0.2, 0.25) is 0 Å². The molecule has 80 valence electrons. The van der Waals surface area contributed by atoms with Crippen LogP contribution in [0, 0.1) is 0 Å². The quantitative estimate of drug-likeness (QED) is 0.310. The number of halogens is 2. The minimum Gasteiger partial charge on any atom is -0.324 e. The van der Waals surface area contributed by atoms with Crippen LogP contribution in [0.1, 0.15) is 13.3 Å². The van der Waals surface area contributed by atoms with E-state index >= 15 is 0 Å². The molecule has 7 heteroatoms. The van der Waals surface area contributed by atoms with Crippen molar-refractivity contribution < 1.29 is 0 Å². The Morgan fingerprint density at radius 1 is 1.71 bits per heavy atom. The first-order chi connectivity index (χ1) is 6.69. The van der Waals surface area contributed by atoms with E-state index in [0.717, 1.165) is 17.3 Å². The SMILES string of the molecule is CCCSC1=NC(Cl)C(NN)=C(Cl)N1. The molecule has 4 nitrogen and oxygen atoms in total. The topological polar surface area (TPSA) is 62.4 Å². The third-order valence-electron chi connectivity index (χ3n) is 1.52. The second kappa shape index (κ2) is 5.70. The molecule has 1 heterocycles. The van der Waals surface area contributed by atoms with Gasteiger partial charge in [0.15, 0.2) is 10.7 Å². The second-order valence-electron chi connectivity index (χ2n) is 2.62. The number of hydrogen-bond acceptors (Lipinski definition) is 5. The number of thioether (sulfide) groups is 1. The molecule has 0 aliphatic carbocycles. The van der Waals surface area contributed by atoms with Gasteiger partial charge in [-0.2, -0.15) is 0 Å². The van der Waals surface area contributed by atoms with Crippen molar-refractivity contribution in [2.24, 2.45) is 10.8 Å². The summed E-state index contributed by atoms with van der Waals surface area (Å²) >= 11 is 13.4. The minimum atomic E-state index is -0.534. The average molecular weight is 255 g/mol. The number of aliphatic imine (C=N–C) groups is 1. The van der Waals surface area contributed by atoms with Gasteiger partial charge in [-0.15, -0.1) is 0 Å². The molecular formula is C7H12Cl2N4S. The maximum Gasteiger partial charge on any atom is 0.170 e. The Bertz CT molecular complexity index is 266. The highest BCUT2D eigenvalue weighted by atomic mass is 35.5. The van der Waals surface area contributed by atoms with Gasteiger partial charge in [0.25, 0.3) is 0 Å². The van der Waals surface area contributed by atoms with E-state index in [1.807, 2.05) is 0 Å². The van der Waals surface area contributed by atoms with Gasteiger partial charge >= 0.3 is 0 Å². The number of amidine groups is 1. The molecule has 0 saturated carbocycles. The first-order valence-electron chi connectivity index (χ1n) is 4.17. The molecule has 1 aliphatic rings. The van der Waals surface area contributed by atoms with Crippen LogP contribution >= 0.6 is 35.0 Å². The number of nitrogens with two attached hydrogens (primary N) is 1. The van der Waals surface area contributed by atoms with Crippen LogP contribution < -0.4 is 16.6 Å². The van der Waals surface area contributed by atoms with E-state index in [0.29, 0.717) is 10.9 Å². The van der Waals surface area contributed by atoms with Gasteiger partial charge in [-0.1, -0.05) is 41.9 Å². The van der Waals surface area contributed by atoms with E-state index in [1.54, 1.807) is 11.8 Å². The Morgan fingerprint density at radius 3 is 2.93 bits per heavy atom. The molecule has 1 atom stereocenters. The van der Waals surface area contributed by atoms with Crippen LogP contribution in [0.5, 0.6) is 0 Å². The molecule has 0 spiro atoms. The number of hydrazine groups is 1. The third kappa shape index (κ3) is 2.95. The molecule has 4 N–H and O–H groups in total. The summed E-state index contributed by atoms with van der Waals surface area (Å²) in [7, 11) is 0. The molecular weight excluding hydrogens is 243 g/mol. The van der Waals surface area contributed by atoms with Crippen LogP contribution in [0.25, 0.3) is 0 Å². The molecule has 0 bridgehead atoms. The summed E-state index contributed by atoms with van der Waals surface area (Å²) in [6.07, 6.45) is 1.07. The highest BCUT2D eigenvalue weighted by Crippen LogP contribution is 2.21. The average Bonchev–Trinajstić information content (AvgIpc) is 2.14. The summed E-state index contributed by atoms with van der Waals surface area (Å²) in [5, 5.41) is 4.05. The van der Waals surface area contributed by atoms with Gasteiger partial charge in [0.1, 0.15) is 10.9 Å². The number of hydrogen-bond donors (Lipinski definition) is 3. The molecule has 0 saturated heterocycles. The van der Waals surface area contributed by atoms with Gasteiger partial charge in [-0.25, -0.2) is 4.99 Å². The zero-order valence-electron chi connectivity index (χ0n) is 7.68. The smallest absolute Gasteiger partial charge is 0.170 e. The van der Waals surface area contributed by atoms with Crippen molar-refractivity contribution in [2.75, 3.05) is 5.75 Å². The normalized spacial score (nSPS) is 21.7. The first kappa shape index (κ1) is 12.0. The molecule has 1 aliphatic heterocycles. The van der Waals surface area contributed by atoms with Crippen LogP contribution in [-0.2, 0) is 0 Å². The Balaban J connectivity index is 2.62. The van der Waals surface area contributed by atoms with Crippen molar-refractivity contribution in [3.63, 3.8) is 0 Å². The molecule has 0 aromatic heterocycles. The zero-order valence-corrected chi connectivity index (χ0v) is 10.0. The number of alkyl halides is 1. The molecule has 0 radical (unpaired) electrons. The van der Waals surface area contributed by atoms with Crippen molar-refractivity contribution in [2.45, 2.75) is 18.8 Å². The fourth-order valence-corrected chi connectivity index (χ4v) is 2.31. The number of nitrogens with zero attached hydrogens (tertiary/aromatic N) is 1. The van der Waals surface area contributed by atoms with Crippen molar-refractivity contribution in [1.82, 2.24) is 10.7 Å². The van der Waals surface area contributed by atoms with Crippen molar-refractivity contribution >= 4 is 40.1 Å². The zero-order chi connectivity index (χ0) is 10.6. The third-order valence-corrected chi connectivity index (χ3v) is 3.23. The predicted molar refractivity (Wildman–Crippen MR) is 63.2 cm³/mol. The van der Waals surface area contributed by atoms with E-state index in [1.165, 1.54) is 0 Å². The standard InChI is InChI=1S/C7H12Cl2N4S/c1-2-3-14-7-11-5(8)4(13-10)6(9)12-7/h5,13H,2-3,10H2,1H3,(H,11,12). The Labute approximate surface area is 97.3 Å². The molecule has 0 fully saturated rings. The Kier molecular flexibility index (Phi) is 4.88. The van der Waals surface area contributed by atoms with Crippen LogP contribution in [-0.4, -0.2) is 16.4 Å². The number of nitrogens with one attached hydrogen (secondary N) is 2. The fourth-order valence-electron chi connectivity index (χ4n) is 0.870. The highest BCUT2D eigenvalue weighted by molar-refractivity contribution is 8.13. The predicted octanol–water partition coefficient (Wildman–Crippen LogP) is 1.52. The van der Waals surface area contributed by atoms with Gasteiger partial charge in [0, 0.05) is 5.75 Å². The monoisotopic (exact) mass is 254 g/mol. The molecule has 14 heavy (non-hydrogen) atoms. The van der Waals surface area contributed by atoms with Crippen LogP contribution in [0.4, 0.5) is 0 Å². The van der Waals surface area contributed by atoms with Crippen molar-refractivity contribution in [3.8, 4) is 0 Å². The molecule has 1 unspecified atom stereocenters. The van der Waals surface area contributed by atoms with Crippen molar-refractivity contribution in [1.29, 1.82) is 0 Å². The van der Waals surface area contributed by atoms with Gasteiger partial charge in [-0.05, 0) is 6.42 Å². The van der Waals surface area contributed by atoms with Crippen LogP contribution in [0.15, 0.2) is 15.8 Å². The minimum absolute atomic E-state index is 0.404. The van der Waals surface area contributed by atoms with Crippen LogP contribution in [0.2, 0.25) is 0 Å². The van der Waals surface area contributed by atoms with E-state index < -0.39 is 5.50 Å². The number of rotatable bonds is 3. The first-order valence-corrected chi connectivity index (χ1v) is 5.97. The molecule has 1 rings (SSSR count). The largest absolute Gasteiger partial charge is 0.324 e. The molecule has 0 aromatic rings. The lowest BCUT2D eigenvalue weighted by Crippen LogP contribution is -2.36. The van der Waals surface area contributed by atoms with E-state index in [2.05, 4.69) is 22.7 Å². The summed E-state index contributed by atoms with van der Waals surface area (Å²) in [4.78, 5) is 4.17. The molecule has 0 amide bonds. The lowest BCUT2D eigenvalue weighted by Gasteiger charge is -2.20. The summed E-state index contributed by atoms with van der Waals surface area (Å²) in [6.45, 7) is 2.10. The Hall–Kier alpha value is -0.100. The lowest BCUT2D eigenvalue weighted by molar-refractivity contribution is 0.786. The van der Waals surface area contributed by atoms with Crippen LogP contribution in [0.3, 0.4) is 0 Å². The lowest BCUT2D eigenvalue weighted by atomic mass is 10.4. The van der Waals surface area contributed by atoms with E-state index in [9.17, 15) is 0 Å². The fraction of sp³-hybridized carbons (Fsp3) is 0.571. The summed E-state index contributed by atoms with van der Waals surface area (Å²) in [5.41, 5.74) is 2.38. The van der Waals surface area contributed by atoms with Gasteiger partial charge < -0.3 is 10.7 Å². The maximum absolute atomic E-state index is 5.93. The van der Waals surface area contributed by atoms with E-state index in [4.69, 9.17) is 29.0 Å². The van der Waals surface area contributed by atoms with Crippen molar-refractivity contribution in [3.05, 3.63) is 10.9 Å². The Morgan fingerprint density at radius 2 is 2.43 bits per heavy atom. The maximum atomic E-state index is 5.93. The summed E-state index contributed by atoms with van der Waals surface area (Å²) in [6, 6.07) is 0. The molecule has 0 aromatic carbocycles. The second-order valence-corrected chi connectivity index (χ2v) is 4.49. The van der Waals surface area contributed by atoms with E-state index in [-0.39, 0.29) is 0 Å². The summed E-state index contributed by atoms with van der Waals surface area (Å²) < 4.78 is 0. The van der Waals surface area contributed by atoms with Gasteiger partial charge in [-0.3, -0.25) is 5.84 Å². The highest BCUT2D eigenvalue weighted by Gasteiger charge is 2.20. The van der Waals surface area contributed by atoms with Gasteiger partial charge in [0.05, 0.1) is 0 Å².